The molecule has 1 saturated heterocycles. The highest BCUT2D eigenvalue weighted by Gasteiger charge is 2.31. The lowest BCUT2D eigenvalue weighted by Gasteiger charge is -2.40. The first-order chi connectivity index (χ1) is 8.08. The van der Waals surface area contributed by atoms with Crippen LogP contribution in [-0.2, 0) is 4.79 Å². The highest BCUT2D eigenvalue weighted by atomic mass is 16.2. The summed E-state index contributed by atoms with van der Waals surface area (Å²) in [5.74, 6) is 0.613. The predicted molar refractivity (Wildman–Crippen MR) is 68.6 cm³/mol. The molecule has 0 aromatic carbocycles. The van der Waals surface area contributed by atoms with Crippen molar-refractivity contribution >= 4 is 5.91 Å². The van der Waals surface area contributed by atoms with Gasteiger partial charge in [-0.25, -0.2) is 0 Å². The first kappa shape index (κ1) is 12.8. The van der Waals surface area contributed by atoms with Crippen molar-refractivity contribution in [2.24, 2.45) is 11.7 Å². The lowest BCUT2D eigenvalue weighted by atomic mass is 9.85. The van der Waals surface area contributed by atoms with Gasteiger partial charge in [0.05, 0.1) is 0 Å². The fraction of sp³-hybridized carbons (Fsp3) is 0.923. The number of carbonyl (C=O) groups is 1. The quantitative estimate of drug-likeness (QED) is 0.731. The Morgan fingerprint density at radius 3 is 2.41 bits per heavy atom. The molecule has 1 heterocycles. The van der Waals surface area contributed by atoms with Crippen LogP contribution in [0.1, 0.15) is 32.6 Å². The van der Waals surface area contributed by atoms with E-state index in [2.05, 4.69) is 23.8 Å². The van der Waals surface area contributed by atoms with Gasteiger partial charge in [-0.3, -0.25) is 4.79 Å². The van der Waals surface area contributed by atoms with Crippen LogP contribution >= 0.6 is 0 Å². The lowest BCUT2D eigenvalue weighted by molar-refractivity contribution is -0.139. The van der Waals surface area contributed by atoms with Gasteiger partial charge in [0, 0.05) is 37.6 Å². The second-order valence-electron chi connectivity index (χ2n) is 5.73. The minimum Gasteiger partial charge on any atom is -0.340 e. The van der Waals surface area contributed by atoms with Gasteiger partial charge in [0.15, 0.2) is 0 Å². The Morgan fingerprint density at radius 2 is 1.82 bits per heavy atom. The van der Waals surface area contributed by atoms with Crippen molar-refractivity contribution in [3.05, 3.63) is 0 Å². The number of nitrogens with two attached hydrogens (primary N) is 1. The highest BCUT2D eigenvalue weighted by molar-refractivity contribution is 5.79. The zero-order valence-corrected chi connectivity index (χ0v) is 11.1. The minimum absolute atomic E-state index is 0.241. The molecule has 1 saturated carbocycles. The number of nitrogens with zero attached hydrogens (tertiary/aromatic N) is 2. The van der Waals surface area contributed by atoms with E-state index in [-0.39, 0.29) is 5.92 Å². The van der Waals surface area contributed by atoms with Crippen molar-refractivity contribution < 1.29 is 4.79 Å². The van der Waals surface area contributed by atoms with Gasteiger partial charge in [-0.05, 0) is 39.7 Å². The largest absolute Gasteiger partial charge is 0.340 e. The Hall–Kier alpha value is -0.610. The van der Waals surface area contributed by atoms with Crippen molar-refractivity contribution in [2.45, 2.75) is 44.7 Å². The molecule has 1 unspecified atom stereocenters. The molecule has 0 aromatic rings. The molecule has 17 heavy (non-hydrogen) atoms. The number of hydrogen-bond donors (Lipinski definition) is 1. The molecule has 1 aliphatic carbocycles. The van der Waals surface area contributed by atoms with Crippen LogP contribution in [-0.4, -0.2) is 54.5 Å². The maximum absolute atomic E-state index is 12.4. The summed E-state index contributed by atoms with van der Waals surface area (Å²) in [7, 11) is 2.13. The van der Waals surface area contributed by atoms with Crippen LogP contribution in [0.25, 0.3) is 0 Å². The average molecular weight is 239 g/mol. The van der Waals surface area contributed by atoms with E-state index in [4.69, 9.17) is 5.73 Å². The predicted octanol–water partition coefficient (Wildman–Crippen LogP) is 0.666. The van der Waals surface area contributed by atoms with Crippen molar-refractivity contribution in [2.75, 3.05) is 26.7 Å². The molecular weight excluding hydrogens is 214 g/mol. The van der Waals surface area contributed by atoms with Gasteiger partial charge in [-0.15, -0.1) is 0 Å². The number of hydrogen-bond acceptors (Lipinski definition) is 3. The summed E-state index contributed by atoms with van der Waals surface area (Å²) in [5, 5.41) is 0. The Balaban J connectivity index is 1.87. The fourth-order valence-electron chi connectivity index (χ4n) is 2.87. The van der Waals surface area contributed by atoms with Crippen molar-refractivity contribution in [1.29, 1.82) is 0 Å². The molecule has 1 atom stereocenters. The lowest BCUT2D eigenvalue weighted by Crippen LogP contribution is -2.53. The smallest absolute Gasteiger partial charge is 0.225 e. The first-order valence-corrected chi connectivity index (χ1v) is 6.82. The molecule has 1 aliphatic heterocycles. The molecule has 0 aromatic heterocycles. The summed E-state index contributed by atoms with van der Waals surface area (Å²) in [6, 6.07) is 0.809. The molecule has 2 N–H and O–H groups in total. The van der Waals surface area contributed by atoms with Crippen LogP contribution in [0.15, 0.2) is 0 Å². The molecule has 98 valence electrons. The third-order valence-electron chi connectivity index (χ3n) is 4.39. The van der Waals surface area contributed by atoms with Crippen LogP contribution in [0, 0.1) is 5.92 Å². The maximum atomic E-state index is 12.4. The normalized spacial score (nSPS) is 35.9. The molecule has 2 fully saturated rings. The van der Waals surface area contributed by atoms with E-state index in [9.17, 15) is 4.79 Å². The van der Waals surface area contributed by atoms with Crippen LogP contribution in [0.2, 0.25) is 0 Å². The van der Waals surface area contributed by atoms with Crippen molar-refractivity contribution in [1.82, 2.24) is 9.80 Å². The molecule has 0 bridgehead atoms. The van der Waals surface area contributed by atoms with Crippen molar-refractivity contribution in [3.8, 4) is 0 Å². The Morgan fingerprint density at radius 1 is 1.18 bits per heavy atom. The minimum atomic E-state index is 0.241. The maximum Gasteiger partial charge on any atom is 0.225 e. The number of likely N-dealkylation sites (N-methyl/N-ethyl adjacent to an activating group) is 1. The van der Waals surface area contributed by atoms with Crippen LogP contribution in [0.3, 0.4) is 0 Å². The standard InChI is InChI=1S/C13H25N3O/c1-10-9-16(8-7-15(10)2)13(17)11-3-5-12(14)6-4-11/h10-12H,3-9,14H2,1-2H3. The van der Waals surface area contributed by atoms with E-state index in [0.29, 0.717) is 18.0 Å². The van der Waals surface area contributed by atoms with Gasteiger partial charge in [-0.2, -0.15) is 0 Å². The summed E-state index contributed by atoms with van der Waals surface area (Å²) in [4.78, 5) is 16.8. The van der Waals surface area contributed by atoms with Crippen LogP contribution in [0.5, 0.6) is 0 Å². The second kappa shape index (κ2) is 5.36. The summed E-state index contributed by atoms with van der Waals surface area (Å²) < 4.78 is 0. The van der Waals surface area contributed by atoms with Crippen molar-refractivity contribution in [3.63, 3.8) is 0 Å². The van der Waals surface area contributed by atoms with Gasteiger partial charge in [0.25, 0.3) is 0 Å². The zero-order valence-electron chi connectivity index (χ0n) is 11.1. The summed E-state index contributed by atoms with van der Waals surface area (Å²) in [6.07, 6.45) is 4.00. The van der Waals surface area contributed by atoms with Gasteiger partial charge in [0.2, 0.25) is 5.91 Å². The Kier molecular flexibility index (Phi) is 4.05. The molecule has 4 heteroatoms. The number of amides is 1. The molecule has 4 nitrogen and oxygen atoms in total. The summed E-state index contributed by atoms with van der Waals surface area (Å²) in [5.41, 5.74) is 5.88. The molecule has 1 amide bonds. The SMILES string of the molecule is CC1CN(C(=O)C2CCC(N)CC2)CCN1C. The number of piperazine rings is 1. The van der Waals surface area contributed by atoms with E-state index in [1.807, 2.05) is 0 Å². The van der Waals surface area contributed by atoms with Crippen LogP contribution < -0.4 is 5.73 Å². The average Bonchev–Trinajstić information content (AvgIpc) is 2.33. The zero-order chi connectivity index (χ0) is 12.4. The third-order valence-corrected chi connectivity index (χ3v) is 4.39. The third kappa shape index (κ3) is 2.99. The van der Waals surface area contributed by atoms with Gasteiger partial charge in [-0.1, -0.05) is 0 Å². The number of rotatable bonds is 1. The molecule has 2 rings (SSSR count). The molecule has 0 spiro atoms. The van der Waals surface area contributed by atoms with Gasteiger partial charge >= 0.3 is 0 Å². The van der Waals surface area contributed by atoms with Gasteiger partial charge in [0.1, 0.15) is 0 Å². The molecule has 0 radical (unpaired) electrons. The van der Waals surface area contributed by atoms with E-state index in [0.717, 1.165) is 45.3 Å². The fourth-order valence-corrected chi connectivity index (χ4v) is 2.87. The summed E-state index contributed by atoms with van der Waals surface area (Å²) in [6.45, 7) is 4.97. The Bertz CT molecular complexity index is 274. The van der Waals surface area contributed by atoms with E-state index >= 15 is 0 Å². The van der Waals surface area contributed by atoms with E-state index < -0.39 is 0 Å². The highest BCUT2D eigenvalue weighted by Crippen LogP contribution is 2.25. The number of carbonyl (C=O) groups excluding carboxylic acids is 1. The monoisotopic (exact) mass is 239 g/mol. The molecular formula is C13H25N3O. The van der Waals surface area contributed by atoms with Gasteiger partial charge < -0.3 is 15.5 Å². The van der Waals surface area contributed by atoms with Crippen LogP contribution in [0.4, 0.5) is 0 Å². The van der Waals surface area contributed by atoms with E-state index in [1.54, 1.807) is 0 Å². The Labute approximate surface area is 104 Å². The second-order valence-corrected chi connectivity index (χ2v) is 5.73. The molecule has 2 aliphatic rings. The topological polar surface area (TPSA) is 49.6 Å². The van der Waals surface area contributed by atoms with E-state index in [1.165, 1.54) is 0 Å². The first-order valence-electron chi connectivity index (χ1n) is 6.82. The summed E-state index contributed by atoms with van der Waals surface area (Å²) >= 11 is 0.